The standard InChI is InChI=1S/C19H28BNO2/c1-12-5-7-13(8-6-12)9-17(21)20-22-16-11-14-10-15(18(14,2)3)19(16,4)23-20/h5-8,14-17H,9-11,21H2,1-4H3/t14?,15?,16-,17?,19+/m1/s1. The third kappa shape index (κ3) is 2.30. The second-order valence-electron chi connectivity index (χ2n) is 8.69. The largest absolute Gasteiger partial charge is 0.475 e. The summed E-state index contributed by atoms with van der Waals surface area (Å²) in [5.41, 5.74) is 9.18. The molecule has 0 aromatic heterocycles. The third-order valence-corrected chi connectivity index (χ3v) is 6.91. The molecule has 0 amide bonds. The molecule has 3 aliphatic carbocycles. The Morgan fingerprint density at radius 2 is 1.91 bits per heavy atom. The Hall–Kier alpha value is -0.835. The lowest BCUT2D eigenvalue weighted by Gasteiger charge is -2.64. The Morgan fingerprint density at radius 3 is 2.57 bits per heavy atom. The second kappa shape index (κ2) is 5.08. The van der Waals surface area contributed by atoms with Crippen LogP contribution < -0.4 is 5.73 Å². The maximum Gasteiger partial charge on any atom is 0.475 e. The van der Waals surface area contributed by atoms with Crippen LogP contribution in [0.2, 0.25) is 0 Å². The molecule has 4 aliphatic rings. The van der Waals surface area contributed by atoms with Crippen molar-refractivity contribution in [3.05, 3.63) is 35.4 Å². The van der Waals surface area contributed by atoms with Crippen LogP contribution in [0.1, 0.15) is 44.7 Å². The third-order valence-electron chi connectivity index (χ3n) is 6.91. The maximum absolute atomic E-state index is 6.45. The summed E-state index contributed by atoms with van der Waals surface area (Å²) < 4.78 is 12.7. The van der Waals surface area contributed by atoms with E-state index < -0.39 is 0 Å². The lowest BCUT2D eigenvalue weighted by molar-refractivity contribution is -0.199. The van der Waals surface area contributed by atoms with Crippen molar-refractivity contribution in [2.75, 3.05) is 0 Å². The van der Waals surface area contributed by atoms with Gasteiger partial charge in [-0.1, -0.05) is 43.7 Å². The fraction of sp³-hybridized carbons (Fsp3) is 0.684. The van der Waals surface area contributed by atoms with E-state index in [4.69, 9.17) is 15.0 Å². The van der Waals surface area contributed by atoms with Gasteiger partial charge in [-0.15, -0.1) is 0 Å². The Labute approximate surface area is 140 Å². The quantitative estimate of drug-likeness (QED) is 0.872. The van der Waals surface area contributed by atoms with Gasteiger partial charge in [0.25, 0.3) is 0 Å². The molecular formula is C19H28BNO2. The van der Waals surface area contributed by atoms with E-state index in [0.29, 0.717) is 11.3 Å². The highest BCUT2D eigenvalue weighted by Gasteiger charge is 2.68. The first-order valence-electron chi connectivity index (χ1n) is 8.95. The zero-order valence-corrected chi connectivity index (χ0v) is 14.7. The molecule has 0 spiro atoms. The zero-order chi connectivity index (χ0) is 16.4. The van der Waals surface area contributed by atoms with Gasteiger partial charge in [0.15, 0.2) is 0 Å². The highest BCUT2D eigenvalue weighted by atomic mass is 16.7. The highest BCUT2D eigenvalue weighted by molar-refractivity contribution is 6.47. The molecule has 1 aliphatic heterocycles. The van der Waals surface area contributed by atoms with E-state index >= 15 is 0 Å². The van der Waals surface area contributed by atoms with Crippen molar-refractivity contribution in [1.29, 1.82) is 0 Å². The molecule has 2 N–H and O–H groups in total. The van der Waals surface area contributed by atoms with Crippen molar-refractivity contribution >= 4 is 7.12 Å². The van der Waals surface area contributed by atoms with Crippen molar-refractivity contribution in [3.63, 3.8) is 0 Å². The zero-order valence-electron chi connectivity index (χ0n) is 14.7. The molecule has 124 valence electrons. The average molecular weight is 313 g/mol. The summed E-state index contributed by atoms with van der Waals surface area (Å²) in [7, 11) is -0.276. The molecule has 1 saturated heterocycles. The molecule has 3 unspecified atom stereocenters. The lowest BCUT2D eigenvalue weighted by Crippen LogP contribution is -2.65. The second-order valence-corrected chi connectivity index (χ2v) is 8.69. The molecule has 5 atom stereocenters. The summed E-state index contributed by atoms with van der Waals surface area (Å²) >= 11 is 0. The van der Waals surface area contributed by atoms with Crippen molar-refractivity contribution in [2.45, 2.75) is 64.6 Å². The molecule has 4 heteroatoms. The minimum absolute atomic E-state index is 0.111. The van der Waals surface area contributed by atoms with Crippen LogP contribution in [0.25, 0.3) is 0 Å². The number of benzene rings is 1. The van der Waals surface area contributed by atoms with Crippen LogP contribution >= 0.6 is 0 Å². The summed E-state index contributed by atoms with van der Waals surface area (Å²) in [6.07, 6.45) is 3.41. The van der Waals surface area contributed by atoms with Crippen LogP contribution in [-0.4, -0.2) is 24.8 Å². The van der Waals surface area contributed by atoms with E-state index in [-0.39, 0.29) is 24.8 Å². The first-order valence-corrected chi connectivity index (χ1v) is 8.95. The summed E-state index contributed by atoms with van der Waals surface area (Å²) in [5.74, 6) is 1.26. The van der Waals surface area contributed by atoms with Gasteiger partial charge in [-0.05, 0) is 55.9 Å². The average Bonchev–Trinajstić information content (AvgIpc) is 2.86. The van der Waals surface area contributed by atoms with Gasteiger partial charge in [0.2, 0.25) is 0 Å². The molecule has 1 aromatic rings. The van der Waals surface area contributed by atoms with E-state index in [2.05, 4.69) is 52.0 Å². The Morgan fingerprint density at radius 1 is 1.22 bits per heavy atom. The molecule has 5 rings (SSSR count). The Balaban J connectivity index is 1.47. The minimum atomic E-state index is -0.276. The topological polar surface area (TPSA) is 44.5 Å². The summed E-state index contributed by atoms with van der Waals surface area (Å²) in [5, 5.41) is 0. The van der Waals surface area contributed by atoms with Gasteiger partial charge in [-0.3, -0.25) is 0 Å². The number of rotatable bonds is 3. The van der Waals surface area contributed by atoms with Gasteiger partial charge in [0.1, 0.15) is 0 Å². The fourth-order valence-corrected chi connectivity index (χ4v) is 5.17. The monoisotopic (exact) mass is 313 g/mol. The maximum atomic E-state index is 6.45. The van der Waals surface area contributed by atoms with Crippen molar-refractivity contribution < 1.29 is 9.31 Å². The molecule has 4 fully saturated rings. The molecule has 1 heterocycles. The number of aryl methyl sites for hydroxylation is 1. The van der Waals surface area contributed by atoms with Crippen molar-refractivity contribution in [2.24, 2.45) is 23.0 Å². The molecule has 23 heavy (non-hydrogen) atoms. The lowest BCUT2D eigenvalue weighted by atomic mass is 9.43. The molecule has 3 saturated carbocycles. The molecule has 3 nitrogen and oxygen atoms in total. The van der Waals surface area contributed by atoms with Gasteiger partial charge >= 0.3 is 7.12 Å². The van der Waals surface area contributed by atoms with Crippen molar-refractivity contribution in [3.8, 4) is 0 Å². The van der Waals surface area contributed by atoms with E-state index in [1.54, 1.807) is 0 Å². The minimum Gasteiger partial charge on any atom is -0.404 e. The normalized spacial score (nSPS) is 38.8. The number of hydrogen-bond acceptors (Lipinski definition) is 3. The van der Waals surface area contributed by atoms with Crippen LogP contribution in [0.15, 0.2) is 24.3 Å². The van der Waals surface area contributed by atoms with Crippen LogP contribution in [-0.2, 0) is 15.7 Å². The van der Waals surface area contributed by atoms with E-state index in [9.17, 15) is 0 Å². The number of nitrogens with two attached hydrogens (primary N) is 1. The molecule has 0 radical (unpaired) electrons. The van der Waals surface area contributed by atoms with Crippen LogP contribution in [0.4, 0.5) is 0 Å². The first-order chi connectivity index (χ1) is 10.8. The van der Waals surface area contributed by atoms with Gasteiger partial charge in [-0.2, -0.15) is 0 Å². The van der Waals surface area contributed by atoms with Crippen molar-refractivity contribution in [1.82, 2.24) is 0 Å². The van der Waals surface area contributed by atoms with E-state index in [1.165, 1.54) is 17.5 Å². The highest BCUT2D eigenvalue weighted by Crippen LogP contribution is 2.65. The van der Waals surface area contributed by atoms with E-state index in [0.717, 1.165) is 18.8 Å². The Bertz CT molecular complexity index is 602. The fourth-order valence-electron chi connectivity index (χ4n) is 5.17. The predicted octanol–water partition coefficient (Wildman–Crippen LogP) is 3.13. The summed E-state index contributed by atoms with van der Waals surface area (Å²) in [4.78, 5) is 0. The van der Waals surface area contributed by atoms with Gasteiger partial charge in [-0.25, -0.2) is 0 Å². The van der Waals surface area contributed by atoms with Gasteiger partial charge in [0.05, 0.1) is 11.7 Å². The van der Waals surface area contributed by atoms with Crippen LogP contribution in [0.3, 0.4) is 0 Å². The number of hydrogen-bond donors (Lipinski definition) is 1. The summed E-state index contributed by atoms with van der Waals surface area (Å²) in [6, 6.07) is 8.57. The smallest absolute Gasteiger partial charge is 0.404 e. The Kier molecular flexibility index (Phi) is 3.46. The van der Waals surface area contributed by atoms with Gasteiger partial charge < -0.3 is 15.0 Å². The van der Waals surface area contributed by atoms with Crippen LogP contribution in [0.5, 0.6) is 0 Å². The summed E-state index contributed by atoms with van der Waals surface area (Å²) in [6.45, 7) is 9.12. The first kappa shape index (κ1) is 15.7. The molecule has 2 bridgehead atoms. The molecule has 1 aromatic carbocycles. The van der Waals surface area contributed by atoms with Gasteiger partial charge in [0, 0.05) is 5.94 Å². The molecular weight excluding hydrogens is 285 g/mol. The van der Waals surface area contributed by atoms with E-state index in [1.807, 2.05) is 0 Å². The SMILES string of the molecule is Cc1ccc(CC(N)B2O[C@@H]3CC4CC(C4(C)C)[C@]3(C)O2)cc1. The predicted molar refractivity (Wildman–Crippen MR) is 93.0 cm³/mol. The van der Waals surface area contributed by atoms with Crippen LogP contribution in [0, 0.1) is 24.2 Å².